The SMILES string of the molecule is CCC(C)(C)OCc1ccc(C#CCN)s1. The van der Waals surface area contributed by atoms with Crippen molar-refractivity contribution in [2.45, 2.75) is 39.4 Å². The van der Waals surface area contributed by atoms with Crippen LogP contribution in [0.5, 0.6) is 0 Å². The van der Waals surface area contributed by atoms with Gasteiger partial charge in [0.05, 0.1) is 23.6 Å². The summed E-state index contributed by atoms with van der Waals surface area (Å²) in [5.74, 6) is 5.87. The summed E-state index contributed by atoms with van der Waals surface area (Å²) in [6.45, 7) is 7.42. The van der Waals surface area contributed by atoms with Crippen LogP contribution in [-0.4, -0.2) is 12.1 Å². The molecule has 0 saturated heterocycles. The lowest BCUT2D eigenvalue weighted by atomic mass is 10.1. The third kappa shape index (κ3) is 4.36. The summed E-state index contributed by atoms with van der Waals surface area (Å²) < 4.78 is 5.82. The first-order valence-electron chi connectivity index (χ1n) is 5.49. The molecule has 1 aromatic rings. The third-order valence-corrected chi connectivity index (χ3v) is 3.41. The molecule has 2 nitrogen and oxygen atoms in total. The maximum absolute atomic E-state index is 5.82. The predicted molar refractivity (Wildman–Crippen MR) is 69.4 cm³/mol. The van der Waals surface area contributed by atoms with Crippen LogP contribution in [0.25, 0.3) is 0 Å². The molecule has 1 rings (SSSR count). The number of rotatable bonds is 4. The van der Waals surface area contributed by atoms with E-state index in [0.717, 1.165) is 11.3 Å². The van der Waals surface area contributed by atoms with Crippen molar-refractivity contribution in [1.29, 1.82) is 0 Å². The molecule has 1 heterocycles. The molecule has 1 aromatic heterocycles. The van der Waals surface area contributed by atoms with Crippen LogP contribution in [0.1, 0.15) is 36.9 Å². The topological polar surface area (TPSA) is 35.2 Å². The Hall–Kier alpha value is -0.820. The molecule has 0 radical (unpaired) electrons. The van der Waals surface area contributed by atoms with E-state index in [9.17, 15) is 0 Å². The molecule has 3 heteroatoms. The van der Waals surface area contributed by atoms with Gasteiger partial charge in [-0.25, -0.2) is 0 Å². The fourth-order valence-electron chi connectivity index (χ4n) is 1.03. The Morgan fingerprint density at radius 1 is 1.44 bits per heavy atom. The minimum absolute atomic E-state index is 0.0485. The first-order chi connectivity index (χ1) is 7.57. The summed E-state index contributed by atoms with van der Waals surface area (Å²) in [7, 11) is 0. The van der Waals surface area contributed by atoms with Gasteiger partial charge in [0, 0.05) is 4.88 Å². The molecule has 0 amide bonds. The van der Waals surface area contributed by atoms with Gasteiger partial charge in [0.1, 0.15) is 0 Å². The van der Waals surface area contributed by atoms with Gasteiger partial charge in [0.2, 0.25) is 0 Å². The third-order valence-electron chi connectivity index (χ3n) is 2.43. The van der Waals surface area contributed by atoms with Gasteiger partial charge in [-0.3, -0.25) is 0 Å². The molecule has 88 valence electrons. The molecule has 0 atom stereocenters. The fourth-order valence-corrected chi connectivity index (χ4v) is 1.83. The minimum atomic E-state index is -0.0485. The van der Waals surface area contributed by atoms with Gasteiger partial charge in [0.25, 0.3) is 0 Å². The van der Waals surface area contributed by atoms with Crippen molar-refractivity contribution in [2.75, 3.05) is 6.54 Å². The largest absolute Gasteiger partial charge is 0.370 e. The van der Waals surface area contributed by atoms with E-state index in [1.165, 1.54) is 4.88 Å². The average molecular weight is 237 g/mol. The van der Waals surface area contributed by atoms with Crippen LogP contribution in [0.2, 0.25) is 0 Å². The van der Waals surface area contributed by atoms with Crippen LogP contribution in [0.15, 0.2) is 12.1 Å². The highest BCUT2D eigenvalue weighted by Gasteiger charge is 2.15. The van der Waals surface area contributed by atoms with Gasteiger partial charge in [-0.1, -0.05) is 18.8 Å². The molecule has 0 saturated carbocycles. The monoisotopic (exact) mass is 237 g/mol. The summed E-state index contributed by atoms with van der Waals surface area (Å²) in [6.07, 6.45) is 1.01. The van der Waals surface area contributed by atoms with Crippen molar-refractivity contribution < 1.29 is 4.74 Å². The first kappa shape index (κ1) is 13.2. The van der Waals surface area contributed by atoms with Crippen molar-refractivity contribution in [1.82, 2.24) is 0 Å². The Balaban J connectivity index is 2.53. The zero-order valence-electron chi connectivity index (χ0n) is 10.2. The van der Waals surface area contributed by atoms with Crippen molar-refractivity contribution in [2.24, 2.45) is 5.73 Å². The van der Waals surface area contributed by atoms with Gasteiger partial charge in [-0.15, -0.1) is 11.3 Å². The Morgan fingerprint density at radius 3 is 2.81 bits per heavy atom. The zero-order chi connectivity index (χ0) is 12.0. The van der Waals surface area contributed by atoms with Crippen LogP contribution in [-0.2, 0) is 11.3 Å². The molecule has 16 heavy (non-hydrogen) atoms. The molecule has 0 spiro atoms. The van der Waals surface area contributed by atoms with Crippen molar-refractivity contribution in [3.05, 3.63) is 21.9 Å². The smallest absolute Gasteiger partial charge is 0.0817 e. The highest BCUT2D eigenvalue weighted by atomic mass is 32.1. The summed E-state index contributed by atoms with van der Waals surface area (Å²) in [4.78, 5) is 2.27. The zero-order valence-corrected chi connectivity index (χ0v) is 11.0. The van der Waals surface area contributed by atoms with E-state index in [-0.39, 0.29) is 5.60 Å². The first-order valence-corrected chi connectivity index (χ1v) is 6.30. The molecular formula is C13H19NOS. The second kappa shape index (κ2) is 6.05. The maximum Gasteiger partial charge on any atom is 0.0817 e. The van der Waals surface area contributed by atoms with Crippen LogP contribution in [0, 0.1) is 11.8 Å². The van der Waals surface area contributed by atoms with E-state index < -0.39 is 0 Å². The molecule has 0 bridgehead atoms. The average Bonchev–Trinajstić information content (AvgIpc) is 2.72. The second-order valence-corrected chi connectivity index (χ2v) is 5.34. The van der Waals surface area contributed by atoms with Crippen LogP contribution in [0.4, 0.5) is 0 Å². The van der Waals surface area contributed by atoms with Gasteiger partial charge in [-0.2, -0.15) is 0 Å². The summed E-state index contributed by atoms with van der Waals surface area (Å²) in [5, 5.41) is 0. The maximum atomic E-state index is 5.82. The van der Waals surface area contributed by atoms with Crippen LogP contribution >= 0.6 is 11.3 Å². The summed E-state index contributed by atoms with van der Waals surface area (Å²) >= 11 is 1.67. The Morgan fingerprint density at radius 2 is 2.19 bits per heavy atom. The molecular weight excluding hydrogens is 218 g/mol. The van der Waals surface area contributed by atoms with E-state index in [1.807, 2.05) is 6.07 Å². The number of hydrogen-bond acceptors (Lipinski definition) is 3. The lowest BCUT2D eigenvalue weighted by molar-refractivity contribution is -0.0304. The van der Waals surface area contributed by atoms with Crippen LogP contribution < -0.4 is 5.73 Å². The van der Waals surface area contributed by atoms with Gasteiger partial charge in [-0.05, 0) is 32.4 Å². The van der Waals surface area contributed by atoms with Gasteiger partial charge in [0.15, 0.2) is 0 Å². The van der Waals surface area contributed by atoms with E-state index in [1.54, 1.807) is 11.3 Å². The van der Waals surface area contributed by atoms with Crippen molar-refractivity contribution in [3.8, 4) is 11.8 Å². The quantitative estimate of drug-likeness (QED) is 0.817. The molecule has 0 fully saturated rings. The van der Waals surface area contributed by atoms with E-state index in [4.69, 9.17) is 10.5 Å². The fraction of sp³-hybridized carbons (Fsp3) is 0.538. The number of thiophene rings is 1. The molecule has 0 unspecified atom stereocenters. The van der Waals surface area contributed by atoms with Crippen molar-refractivity contribution >= 4 is 11.3 Å². The highest BCUT2D eigenvalue weighted by molar-refractivity contribution is 7.12. The molecule has 0 aliphatic carbocycles. The molecule has 0 aromatic carbocycles. The Bertz CT molecular complexity index is 384. The van der Waals surface area contributed by atoms with Gasteiger partial charge >= 0.3 is 0 Å². The van der Waals surface area contributed by atoms with Crippen LogP contribution in [0.3, 0.4) is 0 Å². The normalized spacial score (nSPS) is 11.0. The molecule has 2 N–H and O–H groups in total. The number of nitrogens with two attached hydrogens (primary N) is 1. The second-order valence-electron chi connectivity index (χ2n) is 4.17. The minimum Gasteiger partial charge on any atom is -0.370 e. The van der Waals surface area contributed by atoms with E-state index >= 15 is 0 Å². The van der Waals surface area contributed by atoms with E-state index in [2.05, 4.69) is 38.7 Å². The van der Waals surface area contributed by atoms with Gasteiger partial charge < -0.3 is 10.5 Å². The molecule has 0 aliphatic rings. The summed E-state index contributed by atoms with van der Waals surface area (Å²) in [6, 6.07) is 4.09. The Labute approximate surface area is 102 Å². The lowest BCUT2D eigenvalue weighted by Gasteiger charge is -2.22. The highest BCUT2D eigenvalue weighted by Crippen LogP contribution is 2.21. The Kier molecular flexibility index (Phi) is 5.01. The standard InChI is InChI=1S/C13H19NOS/c1-4-13(2,3)15-10-12-8-7-11(16-12)6-5-9-14/h7-8H,4,9-10,14H2,1-3H3. The van der Waals surface area contributed by atoms with E-state index in [0.29, 0.717) is 13.2 Å². The van der Waals surface area contributed by atoms with Crippen molar-refractivity contribution in [3.63, 3.8) is 0 Å². The number of ether oxygens (including phenoxy) is 1. The predicted octanol–water partition coefficient (Wildman–Crippen LogP) is 2.76. The summed E-state index contributed by atoms with van der Waals surface area (Å²) in [5.41, 5.74) is 5.27. The molecule has 0 aliphatic heterocycles. The number of hydrogen-bond donors (Lipinski definition) is 1. The lowest BCUT2D eigenvalue weighted by Crippen LogP contribution is -2.22.